The lowest BCUT2D eigenvalue weighted by Gasteiger charge is -2.39. The second-order valence-electron chi connectivity index (χ2n) is 6.29. The topological polar surface area (TPSA) is 46.1 Å². The molecule has 0 bridgehead atoms. The molecule has 0 unspecified atom stereocenters. The van der Waals surface area contributed by atoms with Crippen LogP contribution in [0.15, 0.2) is 23.2 Å². The standard InChI is InChI=1S/C17H25F2N3O2S.HI/c1-17(2)11-22(7-8-25-17)16(20-3)21-10-12-5-6-13(23-4)14(9-12)24-15(18)19;/h5-6,9,15H,7-8,10-11H2,1-4H3,(H,20,21);1H. The Balaban J connectivity index is 0.00000338. The van der Waals surface area contributed by atoms with Gasteiger partial charge in [-0.3, -0.25) is 4.99 Å². The monoisotopic (exact) mass is 501 g/mol. The fraction of sp³-hybridized carbons (Fsp3) is 0.588. The van der Waals surface area contributed by atoms with Gasteiger partial charge in [-0.1, -0.05) is 6.07 Å². The molecule has 0 amide bonds. The molecular formula is C17H26F2IN3O2S. The van der Waals surface area contributed by atoms with Crippen molar-refractivity contribution < 1.29 is 18.3 Å². The zero-order chi connectivity index (χ0) is 18.4. The molecule has 2 rings (SSSR count). The van der Waals surface area contributed by atoms with Gasteiger partial charge in [0.2, 0.25) is 0 Å². The first-order valence-electron chi connectivity index (χ1n) is 8.06. The van der Waals surface area contributed by atoms with Crippen LogP contribution in [0, 0.1) is 0 Å². The minimum absolute atomic E-state index is 0. The Labute approximate surface area is 174 Å². The van der Waals surface area contributed by atoms with Crippen LogP contribution in [0.2, 0.25) is 0 Å². The third-order valence-electron chi connectivity index (χ3n) is 3.83. The van der Waals surface area contributed by atoms with Gasteiger partial charge in [-0.2, -0.15) is 20.5 Å². The van der Waals surface area contributed by atoms with Gasteiger partial charge in [0.25, 0.3) is 0 Å². The van der Waals surface area contributed by atoms with Gasteiger partial charge < -0.3 is 19.7 Å². The van der Waals surface area contributed by atoms with Crippen LogP contribution >= 0.6 is 35.7 Å². The summed E-state index contributed by atoms with van der Waals surface area (Å²) in [5.41, 5.74) is 0.809. The molecule has 1 aliphatic rings. The van der Waals surface area contributed by atoms with Gasteiger partial charge in [-0.05, 0) is 31.5 Å². The summed E-state index contributed by atoms with van der Waals surface area (Å²) in [5.74, 6) is 2.16. The predicted octanol–water partition coefficient (Wildman–Crippen LogP) is 3.82. The van der Waals surface area contributed by atoms with E-state index in [1.165, 1.54) is 7.11 Å². The summed E-state index contributed by atoms with van der Waals surface area (Å²) in [6, 6.07) is 4.99. The second kappa shape index (κ2) is 10.4. The van der Waals surface area contributed by atoms with Crippen molar-refractivity contribution in [1.82, 2.24) is 10.2 Å². The van der Waals surface area contributed by atoms with Gasteiger partial charge in [-0.25, -0.2) is 0 Å². The summed E-state index contributed by atoms with van der Waals surface area (Å²) in [6.45, 7) is 3.83. The first kappa shape index (κ1) is 23.1. The summed E-state index contributed by atoms with van der Waals surface area (Å²) in [5, 5.41) is 3.29. The van der Waals surface area contributed by atoms with Crippen molar-refractivity contribution in [3.63, 3.8) is 0 Å². The largest absolute Gasteiger partial charge is 0.493 e. The number of nitrogens with zero attached hydrogens (tertiary/aromatic N) is 2. The van der Waals surface area contributed by atoms with Gasteiger partial charge in [0, 0.05) is 37.2 Å². The fourth-order valence-corrected chi connectivity index (χ4v) is 3.84. The zero-order valence-electron chi connectivity index (χ0n) is 15.4. The molecule has 1 N–H and O–H groups in total. The molecule has 1 fully saturated rings. The number of alkyl halides is 2. The number of guanidine groups is 1. The number of thioether (sulfide) groups is 1. The number of hydrogen-bond donors (Lipinski definition) is 1. The summed E-state index contributed by atoms with van der Waals surface area (Å²) >= 11 is 1.95. The molecule has 1 saturated heterocycles. The Morgan fingerprint density at radius 1 is 1.38 bits per heavy atom. The summed E-state index contributed by atoms with van der Waals surface area (Å²) < 4.78 is 34.8. The van der Waals surface area contributed by atoms with Crippen LogP contribution in [0.1, 0.15) is 19.4 Å². The SMILES string of the molecule is CN=C(NCc1ccc(OC)c(OC(F)F)c1)N1CCSC(C)(C)C1.I. The average Bonchev–Trinajstić information content (AvgIpc) is 2.54. The maximum atomic E-state index is 12.5. The van der Waals surface area contributed by atoms with E-state index in [-0.39, 0.29) is 40.2 Å². The van der Waals surface area contributed by atoms with Gasteiger partial charge in [0.15, 0.2) is 17.5 Å². The fourth-order valence-electron chi connectivity index (χ4n) is 2.73. The molecule has 0 spiro atoms. The third-order valence-corrected chi connectivity index (χ3v) is 5.13. The quantitative estimate of drug-likeness (QED) is 0.378. The summed E-state index contributed by atoms with van der Waals surface area (Å²) in [7, 11) is 3.17. The van der Waals surface area contributed by atoms with Gasteiger partial charge in [0.05, 0.1) is 7.11 Å². The molecule has 26 heavy (non-hydrogen) atoms. The highest BCUT2D eigenvalue weighted by Crippen LogP contribution is 2.30. The van der Waals surface area contributed by atoms with Crippen molar-refractivity contribution in [2.75, 3.05) is 33.0 Å². The van der Waals surface area contributed by atoms with Crippen LogP contribution in [0.4, 0.5) is 8.78 Å². The number of hydrogen-bond acceptors (Lipinski definition) is 4. The van der Waals surface area contributed by atoms with E-state index in [0.717, 1.165) is 30.4 Å². The Morgan fingerprint density at radius 3 is 2.69 bits per heavy atom. The van der Waals surface area contributed by atoms with Gasteiger partial charge >= 0.3 is 6.61 Å². The molecule has 1 aromatic rings. The lowest BCUT2D eigenvalue weighted by atomic mass is 10.2. The molecule has 148 valence electrons. The first-order valence-corrected chi connectivity index (χ1v) is 9.04. The molecule has 0 radical (unpaired) electrons. The van der Waals surface area contributed by atoms with E-state index >= 15 is 0 Å². The highest BCUT2D eigenvalue weighted by Gasteiger charge is 2.28. The number of ether oxygens (including phenoxy) is 2. The van der Waals surface area contributed by atoms with Crippen molar-refractivity contribution in [2.24, 2.45) is 4.99 Å². The van der Waals surface area contributed by atoms with E-state index in [2.05, 4.69) is 33.8 Å². The average molecular weight is 501 g/mol. The van der Waals surface area contributed by atoms with Crippen LogP contribution in [0.25, 0.3) is 0 Å². The highest BCUT2D eigenvalue weighted by atomic mass is 127. The van der Waals surface area contributed by atoms with Crippen molar-refractivity contribution >= 4 is 41.7 Å². The number of rotatable bonds is 5. The lowest BCUT2D eigenvalue weighted by molar-refractivity contribution is -0.0512. The molecule has 9 heteroatoms. The van der Waals surface area contributed by atoms with Crippen molar-refractivity contribution in [2.45, 2.75) is 31.8 Å². The van der Waals surface area contributed by atoms with Crippen LogP contribution in [0.3, 0.4) is 0 Å². The number of benzene rings is 1. The minimum Gasteiger partial charge on any atom is -0.493 e. The molecule has 0 aliphatic carbocycles. The van der Waals surface area contributed by atoms with E-state index in [4.69, 9.17) is 4.74 Å². The van der Waals surface area contributed by atoms with E-state index in [0.29, 0.717) is 6.54 Å². The van der Waals surface area contributed by atoms with E-state index < -0.39 is 6.61 Å². The van der Waals surface area contributed by atoms with Crippen LogP contribution < -0.4 is 14.8 Å². The van der Waals surface area contributed by atoms with E-state index in [1.54, 1.807) is 19.2 Å². The molecule has 1 aliphatic heterocycles. The van der Waals surface area contributed by atoms with Crippen LogP contribution in [-0.2, 0) is 6.54 Å². The molecule has 0 saturated carbocycles. The second-order valence-corrected chi connectivity index (χ2v) is 8.10. The lowest BCUT2D eigenvalue weighted by Crippen LogP contribution is -2.50. The Kier molecular flexibility index (Phi) is 9.22. The third kappa shape index (κ3) is 6.64. The summed E-state index contributed by atoms with van der Waals surface area (Å²) in [6.07, 6.45) is 0. The molecule has 5 nitrogen and oxygen atoms in total. The van der Waals surface area contributed by atoms with Crippen molar-refractivity contribution in [1.29, 1.82) is 0 Å². The number of halogens is 3. The molecule has 1 aromatic carbocycles. The van der Waals surface area contributed by atoms with E-state index in [9.17, 15) is 8.78 Å². The number of aliphatic imine (C=N–C) groups is 1. The Bertz CT molecular complexity index is 618. The van der Waals surface area contributed by atoms with Crippen molar-refractivity contribution in [3.8, 4) is 11.5 Å². The van der Waals surface area contributed by atoms with Crippen LogP contribution in [0.5, 0.6) is 11.5 Å². The summed E-state index contributed by atoms with van der Waals surface area (Å²) in [4.78, 5) is 6.56. The first-order chi connectivity index (χ1) is 11.8. The Morgan fingerprint density at radius 2 is 2.12 bits per heavy atom. The number of methoxy groups -OCH3 is 1. The van der Waals surface area contributed by atoms with Gasteiger partial charge in [-0.15, -0.1) is 24.0 Å². The van der Waals surface area contributed by atoms with Crippen LogP contribution in [-0.4, -0.2) is 55.2 Å². The predicted molar refractivity (Wildman–Crippen MR) is 113 cm³/mol. The maximum absolute atomic E-state index is 12.5. The normalized spacial score (nSPS) is 16.9. The highest BCUT2D eigenvalue weighted by molar-refractivity contribution is 14.0. The van der Waals surface area contributed by atoms with E-state index in [1.807, 2.05) is 17.8 Å². The molecule has 0 aromatic heterocycles. The smallest absolute Gasteiger partial charge is 0.387 e. The minimum atomic E-state index is -2.89. The molecule has 0 atom stereocenters. The number of nitrogens with one attached hydrogen (secondary N) is 1. The van der Waals surface area contributed by atoms with Gasteiger partial charge in [0.1, 0.15) is 0 Å². The Hall–Kier alpha value is -0.970. The van der Waals surface area contributed by atoms with Crippen molar-refractivity contribution in [3.05, 3.63) is 23.8 Å². The zero-order valence-corrected chi connectivity index (χ0v) is 18.6. The molecular weight excluding hydrogens is 475 g/mol. The molecule has 1 heterocycles. The maximum Gasteiger partial charge on any atom is 0.387 e.